The molecule has 0 spiro atoms. The monoisotopic (exact) mass is 479 g/mol. The van der Waals surface area contributed by atoms with Crippen molar-refractivity contribution in [2.24, 2.45) is 5.73 Å². The molecule has 8 heteroatoms. The van der Waals surface area contributed by atoms with E-state index in [9.17, 15) is 14.4 Å². The fraction of sp³-hybridized carbons (Fsp3) is 0.160. The molecule has 1 aliphatic rings. The van der Waals surface area contributed by atoms with E-state index in [4.69, 9.17) is 5.73 Å². The van der Waals surface area contributed by atoms with Crippen LogP contribution in [0.5, 0.6) is 0 Å². The summed E-state index contributed by atoms with van der Waals surface area (Å²) < 4.78 is 1.63. The van der Waals surface area contributed by atoms with E-state index in [1.54, 1.807) is 22.8 Å². The van der Waals surface area contributed by atoms with Crippen LogP contribution in [0.1, 0.15) is 28.8 Å². The van der Waals surface area contributed by atoms with E-state index in [-0.39, 0.29) is 23.7 Å². The van der Waals surface area contributed by atoms with Gasteiger partial charge in [-0.1, -0.05) is 59.9 Å². The van der Waals surface area contributed by atoms with Crippen LogP contribution in [0.3, 0.4) is 0 Å². The van der Waals surface area contributed by atoms with Gasteiger partial charge in [-0.2, -0.15) is 0 Å². The Kier molecular flexibility index (Phi) is 6.35. The number of pyridine rings is 1. The first-order valence-electron chi connectivity index (χ1n) is 10.5. The molecule has 1 amide bonds. The largest absolute Gasteiger partial charge is 0.368 e. The third kappa shape index (κ3) is 3.94. The molecule has 0 saturated carbocycles. The summed E-state index contributed by atoms with van der Waals surface area (Å²) >= 11 is 1.36. The second-order valence-corrected chi connectivity index (χ2v) is 8.77. The Morgan fingerprint density at radius 1 is 0.939 bits per heavy atom. The Labute approximate surface area is 200 Å². The molecular formula is C25H22ClN3O3S. The lowest BCUT2D eigenvalue weighted by Crippen LogP contribution is -2.40. The quantitative estimate of drug-likeness (QED) is 0.435. The molecule has 1 fully saturated rings. The van der Waals surface area contributed by atoms with Crippen LogP contribution in [-0.2, 0) is 4.79 Å². The fourth-order valence-corrected chi connectivity index (χ4v) is 5.74. The van der Waals surface area contributed by atoms with Crippen molar-refractivity contribution in [3.8, 4) is 5.69 Å². The van der Waals surface area contributed by atoms with Gasteiger partial charge in [-0.3, -0.25) is 19.0 Å². The van der Waals surface area contributed by atoms with Gasteiger partial charge in [0.2, 0.25) is 5.91 Å². The number of halogens is 1. The van der Waals surface area contributed by atoms with Crippen LogP contribution in [0.15, 0.2) is 77.6 Å². The minimum atomic E-state index is -0.470. The lowest BCUT2D eigenvalue weighted by Gasteiger charge is -2.23. The number of rotatable bonds is 5. The normalized spacial score (nSPS) is 15.4. The third-order valence-electron chi connectivity index (χ3n) is 5.84. The predicted octanol–water partition coefficient (Wildman–Crippen LogP) is 4.16. The molecule has 0 bridgehead atoms. The van der Waals surface area contributed by atoms with Gasteiger partial charge in [-0.05, 0) is 31.0 Å². The molecular weight excluding hydrogens is 458 g/mol. The predicted molar refractivity (Wildman–Crippen MR) is 134 cm³/mol. The molecule has 1 atom stereocenters. The van der Waals surface area contributed by atoms with Crippen LogP contribution in [0, 0.1) is 0 Å². The summed E-state index contributed by atoms with van der Waals surface area (Å²) in [5.41, 5.74) is 7.30. The maximum absolute atomic E-state index is 13.7. The highest BCUT2D eigenvalue weighted by atomic mass is 35.5. The van der Waals surface area contributed by atoms with Gasteiger partial charge >= 0.3 is 0 Å². The van der Waals surface area contributed by atoms with Crippen molar-refractivity contribution in [3.63, 3.8) is 0 Å². The van der Waals surface area contributed by atoms with E-state index in [1.807, 2.05) is 53.4 Å². The zero-order valence-corrected chi connectivity index (χ0v) is 19.3. The number of hydrogen-bond acceptors (Lipinski definition) is 5. The molecule has 2 aromatic carbocycles. The zero-order valence-electron chi connectivity index (χ0n) is 17.6. The number of fused-ring (bicyclic) bond motifs is 1. The summed E-state index contributed by atoms with van der Waals surface area (Å²) in [6, 6.07) is 21.1. The second kappa shape index (κ2) is 9.21. The van der Waals surface area contributed by atoms with E-state index in [1.165, 1.54) is 17.4 Å². The SMILES string of the molecule is Cl.NC(=O)[C@H]1CCCN1c1sc2c(ccc(=O)n2-c2ccccc2)c1C(=O)c1ccccc1. The molecule has 4 aromatic rings. The van der Waals surface area contributed by atoms with Crippen molar-refractivity contribution in [3.05, 3.63) is 94.3 Å². The second-order valence-electron chi connectivity index (χ2n) is 7.79. The highest BCUT2D eigenvalue weighted by molar-refractivity contribution is 7.23. The number of nitrogens with two attached hydrogens (primary N) is 1. The molecule has 3 heterocycles. The number of amides is 1. The summed E-state index contributed by atoms with van der Waals surface area (Å²) in [5.74, 6) is -0.543. The van der Waals surface area contributed by atoms with E-state index >= 15 is 0 Å². The van der Waals surface area contributed by atoms with Crippen LogP contribution < -0.4 is 16.2 Å². The van der Waals surface area contributed by atoms with Gasteiger partial charge in [0.1, 0.15) is 15.9 Å². The maximum Gasteiger partial charge on any atom is 0.256 e. The van der Waals surface area contributed by atoms with Gasteiger partial charge in [-0.25, -0.2) is 0 Å². The minimum Gasteiger partial charge on any atom is -0.368 e. The van der Waals surface area contributed by atoms with Crippen LogP contribution in [-0.4, -0.2) is 28.8 Å². The van der Waals surface area contributed by atoms with Gasteiger partial charge in [-0.15, -0.1) is 12.4 Å². The summed E-state index contributed by atoms with van der Waals surface area (Å²) in [6.45, 7) is 0.630. The van der Waals surface area contributed by atoms with Gasteiger partial charge in [0, 0.05) is 23.6 Å². The Bertz CT molecular complexity index is 1380. The molecule has 33 heavy (non-hydrogen) atoms. The van der Waals surface area contributed by atoms with Gasteiger partial charge in [0.25, 0.3) is 5.56 Å². The molecule has 1 saturated heterocycles. The first-order chi connectivity index (χ1) is 15.6. The average molecular weight is 480 g/mol. The van der Waals surface area contributed by atoms with E-state index in [2.05, 4.69) is 0 Å². The number of carbonyl (C=O) groups is 2. The summed E-state index contributed by atoms with van der Waals surface area (Å²) in [6.07, 6.45) is 1.46. The number of benzene rings is 2. The molecule has 168 valence electrons. The summed E-state index contributed by atoms with van der Waals surface area (Å²) in [5, 5.41) is 1.38. The standard InChI is InChI=1S/C25H21N3O3S.ClH/c26-23(31)19-12-7-15-27(19)25-21(22(30)16-8-3-1-4-9-16)18-13-14-20(29)28(24(18)32-25)17-10-5-2-6-11-17;/h1-6,8-11,13-14,19H,7,12,15H2,(H2,26,31);1H/t19-;/m1./s1. The number of ketones is 1. The highest BCUT2D eigenvalue weighted by Gasteiger charge is 2.34. The van der Waals surface area contributed by atoms with E-state index in [0.717, 1.165) is 12.1 Å². The fourth-order valence-electron chi connectivity index (χ4n) is 4.35. The van der Waals surface area contributed by atoms with Gasteiger partial charge < -0.3 is 10.6 Å². The lowest BCUT2D eigenvalue weighted by molar-refractivity contribution is -0.119. The molecule has 0 aliphatic carbocycles. The third-order valence-corrected chi connectivity index (χ3v) is 7.07. The first-order valence-corrected chi connectivity index (χ1v) is 11.3. The molecule has 0 unspecified atom stereocenters. The van der Waals surface area contributed by atoms with Crippen molar-refractivity contribution >= 4 is 50.7 Å². The van der Waals surface area contributed by atoms with Crippen LogP contribution >= 0.6 is 23.7 Å². The van der Waals surface area contributed by atoms with Crippen molar-refractivity contribution in [1.82, 2.24) is 4.57 Å². The number of nitrogens with zero attached hydrogens (tertiary/aromatic N) is 2. The topological polar surface area (TPSA) is 85.4 Å². The van der Waals surface area contributed by atoms with Crippen molar-refractivity contribution in [1.29, 1.82) is 0 Å². The molecule has 6 nitrogen and oxygen atoms in total. The molecule has 2 aromatic heterocycles. The smallest absolute Gasteiger partial charge is 0.256 e. The first kappa shape index (κ1) is 22.8. The number of carbonyl (C=O) groups excluding carboxylic acids is 2. The molecule has 1 aliphatic heterocycles. The maximum atomic E-state index is 13.7. The lowest BCUT2D eigenvalue weighted by atomic mass is 10.0. The number of anilines is 1. The van der Waals surface area contributed by atoms with Crippen LogP contribution in [0.2, 0.25) is 0 Å². The van der Waals surface area contributed by atoms with E-state index < -0.39 is 11.9 Å². The van der Waals surface area contributed by atoms with Crippen molar-refractivity contribution in [2.45, 2.75) is 18.9 Å². The van der Waals surface area contributed by atoms with Gasteiger partial charge in [0.05, 0.1) is 11.3 Å². The van der Waals surface area contributed by atoms with Crippen LogP contribution in [0.4, 0.5) is 5.00 Å². The number of primary amides is 1. The molecule has 2 N–H and O–H groups in total. The number of para-hydroxylation sites is 1. The number of thiophene rings is 1. The Balaban J connectivity index is 0.00000259. The highest BCUT2D eigenvalue weighted by Crippen LogP contribution is 2.42. The average Bonchev–Trinajstić information content (AvgIpc) is 3.44. The van der Waals surface area contributed by atoms with Crippen molar-refractivity contribution < 1.29 is 9.59 Å². The number of hydrogen-bond donors (Lipinski definition) is 1. The van der Waals surface area contributed by atoms with Crippen molar-refractivity contribution in [2.75, 3.05) is 11.4 Å². The Hall–Kier alpha value is -3.42. The Morgan fingerprint density at radius 3 is 2.27 bits per heavy atom. The molecule has 5 rings (SSSR count). The van der Waals surface area contributed by atoms with Crippen LogP contribution in [0.25, 0.3) is 15.9 Å². The van der Waals surface area contributed by atoms with Gasteiger partial charge in [0.15, 0.2) is 5.78 Å². The summed E-state index contributed by atoms with van der Waals surface area (Å²) in [7, 11) is 0. The summed E-state index contributed by atoms with van der Waals surface area (Å²) in [4.78, 5) is 41.3. The van der Waals surface area contributed by atoms with E-state index in [0.29, 0.717) is 39.3 Å². The zero-order chi connectivity index (χ0) is 22.2. The molecule has 0 radical (unpaired) electrons. The minimum absolute atomic E-state index is 0. The number of aromatic nitrogens is 1. The Morgan fingerprint density at radius 2 is 1.61 bits per heavy atom.